The molecule has 2 aliphatic heterocycles. The molecule has 2 aromatic rings. The van der Waals surface area contributed by atoms with Crippen molar-refractivity contribution in [3.63, 3.8) is 0 Å². The average Bonchev–Trinajstić information content (AvgIpc) is 3.25. The number of nitrogens with zero attached hydrogens (tertiary/aromatic N) is 1. The van der Waals surface area contributed by atoms with E-state index in [0.717, 1.165) is 25.1 Å². The van der Waals surface area contributed by atoms with Crippen molar-refractivity contribution in [1.82, 2.24) is 15.8 Å². The van der Waals surface area contributed by atoms with Gasteiger partial charge in [0.15, 0.2) is 0 Å². The lowest BCUT2D eigenvalue weighted by molar-refractivity contribution is -0.117. The monoisotopic (exact) mass is 396 g/mol. The summed E-state index contributed by atoms with van der Waals surface area (Å²) in [5, 5.41) is 3.03. The van der Waals surface area contributed by atoms with E-state index >= 15 is 0 Å². The van der Waals surface area contributed by atoms with E-state index in [9.17, 15) is 4.79 Å². The maximum atomic E-state index is 12.6. The molecule has 2 atom stereocenters. The van der Waals surface area contributed by atoms with Gasteiger partial charge >= 0.3 is 0 Å². The quantitative estimate of drug-likeness (QED) is 0.701. The van der Waals surface area contributed by atoms with Crippen LogP contribution < -0.4 is 16.2 Å². The molecule has 0 spiro atoms. The third-order valence-corrected chi connectivity index (χ3v) is 6.41. The molecule has 2 unspecified atom stereocenters. The molecule has 2 saturated heterocycles. The Kier molecular flexibility index (Phi) is 6.65. The van der Waals surface area contributed by atoms with Gasteiger partial charge in [-0.25, -0.2) is 10.9 Å². The van der Waals surface area contributed by atoms with Gasteiger partial charge in [-0.2, -0.15) is 11.8 Å². The lowest BCUT2D eigenvalue weighted by atomic mass is 10.0. The summed E-state index contributed by atoms with van der Waals surface area (Å²) < 4.78 is 0. The van der Waals surface area contributed by atoms with Crippen molar-refractivity contribution in [3.8, 4) is 0 Å². The molecule has 2 aromatic carbocycles. The van der Waals surface area contributed by atoms with Crippen LogP contribution >= 0.6 is 11.8 Å². The summed E-state index contributed by atoms with van der Waals surface area (Å²) in [5.74, 6) is 2.50. The van der Waals surface area contributed by atoms with Crippen LogP contribution in [0.1, 0.15) is 23.6 Å². The van der Waals surface area contributed by atoms with Gasteiger partial charge in [0.2, 0.25) is 5.91 Å². The summed E-state index contributed by atoms with van der Waals surface area (Å²) in [6.07, 6.45) is 1.80. The number of benzene rings is 2. The fraction of sp³-hybridized carbons (Fsp3) is 0.409. The zero-order valence-electron chi connectivity index (χ0n) is 16.1. The normalized spacial score (nSPS) is 22.9. The predicted molar refractivity (Wildman–Crippen MR) is 116 cm³/mol. The predicted octanol–water partition coefficient (Wildman–Crippen LogP) is 2.82. The smallest absolute Gasteiger partial charge is 0.242 e. The van der Waals surface area contributed by atoms with Crippen LogP contribution in [0.25, 0.3) is 0 Å². The molecular weight excluding hydrogens is 368 g/mol. The first kappa shape index (κ1) is 19.5. The number of hydrogen-bond donors (Lipinski definition) is 3. The van der Waals surface area contributed by atoms with Gasteiger partial charge in [-0.1, -0.05) is 42.5 Å². The van der Waals surface area contributed by atoms with E-state index in [0.29, 0.717) is 0 Å². The first-order chi connectivity index (χ1) is 13.8. The Balaban J connectivity index is 1.25. The van der Waals surface area contributed by atoms with Gasteiger partial charge in [0.05, 0.1) is 0 Å². The maximum Gasteiger partial charge on any atom is 0.242 e. The Morgan fingerprint density at radius 2 is 1.79 bits per heavy atom. The third-order valence-electron chi connectivity index (χ3n) is 5.46. The lowest BCUT2D eigenvalue weighted by Gasteiger charge is -2.26. The Labute approximate surface area is 171 Å². The van der Waals surface area contributed by atoms with Crippen LogP contribution in [-0.2, 0) is 11.2 Å². The average molecular weight is 397 g/mol. The Bertz CT molecular complexity index is 762. The minimum Gasteiger partial charge on any atom is -0.325 e. The highest BCUT2D eigenvalue weighted by atomic mass is 32.2. The molecule has 1 amide bonds. The second-order valence-electron chi connectivity index (χ2n) is 7.43. The van der Waals surface area contributed by atoms with Gasteiger partial charge in [0, 0.05) is 42.9 Å². The molecule has 4 rings (SSSR count). The summed E-state index contributed by atoms with van der Waals surface area (Å²) in [5.41, 5.74) is 9.72. The Morgan fingerprint density at radius 3 is 2.54 bits per heavy atom. The SMILES string of the molecule is O=C(Nc1ccc(CCN2CCSCC2)cc1)C1CC(c2ccccc2)NN1. The summed E-state index contributed by atoms with van der Waals surface area (Å²) in [6.45, 7) is 3.52. The Morgan fingerprint density at radius 1 is 1.04 bits per heavy atom. The molecule has 0 radical (unpaired) electrons. The molecule has 2 fully saturated rings. The first-order valence-corrected chi connectivity index (χ1v) is 11.2. The van der Waals surface area contributed by atoms with Crippen LogP contribution in [0.15, 0.2) is 54.6 Å². The van der Waals surface area contributed by atoms with Gasteiger partial charge < -0.3 is 10.2 Å². The van der Waals surface area contributed by atoms with Crippen molar-refractivity contribution in [2.24, 2.45) is 0 Å². The fourth-order valence-corrected chi connectivity index (χ4v) is 4.71. The van der Waals surface area contributed by atoms with E-state index in [2.05, 4.69) is 45.3 Å². The van der Waals surface area contributed by atoms with Gasteiger partial charge in [0.25, 0.3) is 0 Å². The molecule has 5 nitrogen and oxygen atoms in total. The molecule has 0 saturated carbocycles. The minimum absolute atomic E-state index is 0.00416. The van der Waals surface area contributed by atoms with Crippen molar-refractivity contribution < 1.29 is 4.79 Å². The van der Waals surface area contributed by atoms with E-state index in [-0.39, 0.29) is 18.0 Å². The number of rotatable bonds is 6. The number of hydrogen-bond acceptors (Lipinski definition) is 5. The molecule has 3 N–H and O–H groups in total. The number of nitrogens with one attached hydrogen (secondary N) is 3. The maximum absolute atomic E-state index is 12.6. The highest BCUT2D eigenvalue weighted by molar-refractivity contribution is 7.99. The molecule has 0 bridgehead atoms. The zero-order valence-corrected chi connectivity index (χ0v) is 16.9. The summed E-state index contributed by atoms with van der Waals surface area (Å²) in [4.78, 5) is 15.1. The van der Waals surface area contributed by atoms with Crippen molar-refractivity contribution in [2.45, 2.75) is 24.9 Å². The summed E-state index contributed by atoms with van der Waals surface area (Å²) >= 11 is 2.05. The summed E-state index contributed by atoms with van der Waals surface area (Å²) in [7, 11) is 0. The molecule has 148 valence electrons. The molecule has 28 heavy (non-hydrogen) atoms. The minimum atomic E-state index is -0.234. The van der Waals surface area contributed by atoms with E-state index in [1.807, 2.05) is 42.1 Å². The van der Waals surface area contributed by atoms with Crippen LogP contribution in [0.4, 0.5) is 5.69 Å². The molecule has 2 heterocycles. The lowest BCUT2D eigenvalue weighted by Crippen LogP contribution is -2.39. The number of hydrazine groups is 1. The topological polar surface area (TPSA) is 56.4 Å². The molecule has 0 aromatic heterocycles. The number of amides is 1. The van der Waals surface area contributed by atoms with Crippen molar-refractivity contribution >= 4 is 23.4 Å². The van der Waals surface area contributed by atoms with E-state index < -0.39 is 0 Å². The molecular formula is C22H28N4OS. The number of thioether (sulfide) groups is 1. The molecule has 2 aliphatic rings. The number of carbonyl (C=O) groups excluding carboxylic acids is 1. The van der Waals surface area contributed by atoms with Gasteiger partial charge in [-0.3, -0.25) is 4.79 Å². The van der Waals surface area contributed by atoms with Crippen LogP contribution in [0, 0.1) is 0 Å². The number of carbonyl (C=O) groups is 1. The largest absolute Gasteiger partial charge is 0.325 e. The van der Waals surface area contributed by atoms with E-state index in [1.165, 1.54) is 35.7 Å². The standard InChI is InChI=1S/C22H28N4OS/c27-22(21-16-20(24-25-21)18-4-2-1-3-5-18)23-19-8-6-17(7-9-19)10-11-26-12-14-28-15-13-26/h1-9,20-21,24-25H,10-16H2,(H,23,27). The number of anilines is 1. The van der Waals surface area contributed by atoms with Crippen LogP contribution in [0.3, 0.4) is 0 Å². The van der Waals surface area contributed by atoms with Gasteiger partial charge in [0.1, 0.15) is 6.04 Å². The highest BCUT2D eigenvalue weighted by Gasteiger charge is 2.30. The second-order valence-corrected chi connectivity index (χ2v) is 8.66. The Hall–Kier alpha value is -1.86. The third kappa shape index (κ3) is 5.14. The summed E-state index contributed by atoms with van der Waals surface area (Å²) in [6, 6.07) is 18.4. The molecule has 0 aliphatic carbocycles. The van der Waals surface area contributed by atoms with Crippen LogP contribution in [0.2, 0.25) is 0 Å². The van der Waals surface area contributed by atoms with Crippen molar-refractivity contribution in [3.05, 3.63) is 65.7 Å². The van der Waals surface area contributed by atoms with E-state index in [1.54, 1.807) is 0 Å². The first-order valence-electron chi connectivity index (χ1n) is 10.0. The second kappa shape index (κ2) is 9.56. The van der Waals surface area contributed by atoms with E-state index in [4.69, 9.17) is 0 Å². The fourth-order valence-electron chi connectivity index (χ4n) is 3.73. The molecule has 6 heteroatoms. The van der Waals surface area contributed by atoms with Crippen molar-refractivity contribution in [2.75, 3.05) is 36.5 Å². The van der Waals surface area contributed by atoms with Gasteiger partial charge in [-0.05, 0) is 36.1 Å². The zero-order chi connectivity index (χ0) is 19.2. The van der Waals surface area contributed by atoms with Crippen LogP contribution in [0.5, 0.6) is 0 Å². The highest BCUT2D eigenvalue weighted by Crippen LogP contribution is 2.22. The van der Waals surface area contributed by atoms with Crippen LogP contribution in [-0.4, -0.2) is 48.0 Å². The van der Waals surface area contributed by atoms with Gasteiger partial charge in [-0.15, -0.1) is 0 Å². The van der Waals surface area contributed by atoms with Crippen molar-refractivity contribution in [1.29, 1.82) is 0 Å².